The summed E-state index contributed by atoms with van der Waals surface area (Å²) in [6.45, 7) is 8.91. The maximum absolute atomic E-state index is 3.60. The number of aryl methyl sites for hydroxylation is 1. The molecule has 0 saturated carbocycles. The van der Waals surface area contributed by atoms with Crippen molar-refractivity contribution >= 4 is 5.69 Å². The standard InChI is InChI=1S/C13H21N/c1-5-12(10(2)3)14-13-9-7-6-8-11(13)4/h6-10,12,14H,5H2,1-4H3. The molecular weight excluding hydrogens is 170 g/mol. The average Bonchev–Trinajstić information content (AvgIpc) is 2.16. The summed E-state index contributed by atoms with van der Waals surface area (Å²) in [7, 11) is 0. The minimum Gasteiger partial charge on any atom is -0.382 e. The number of para-hydroxylation sites is 1. The van der Waals surface area contributed by atoms with E-state index in [9.17, 15) is 0 Å². The summed E-state index contributed by atoms with van der Waals surface area (Å²) in [6.07, 6.45) is 1.17. The van der Waals surface area contributed by atoms with Gasteiger partial charge in [-0.1, -0.05) is 39.0 Å². The zero-order valence-electron chi connectivity index (χ0n) is 9.67. The van der Waals surface area contributed by atoms with Gasteiger partial charge in [-0.3, -0.25) is 0 Å². The van der Waals surface area contributed by atoms with Crippen LogP contribution in [0.25, 0.3) is 0 Å². The molecule has 1 atom stereocenters. The molecule has 0 aliphatic carbocycles. The maximum atomic E-state index is 3.60. The maximum Gasteiger partial charge on any atom is 0.0372 e. The Balaban J connectivity index is 2.72. The first kappa shape index (κ1) is 11.1. The van der Waals surface area contributed by atoms with Crippen LogP contribution in [0.2, 0.25) is 0 Å². The van der Waals surface area contributed by atoms with Crippen LogP contribution in [-0.4, -0.2) is 6.04 Å². The molecule has 0 amide bonds. The van der Waals surface area contributed by atoms with Crippen LogP contribution in [0.15, 0.2) is 24.3 Å². The Morgan fingerprint density at radius 1 is 1.21 bits per heavy atom. The predicted octanol–water partition coefficient (Wildman–Crippen LogP) is 3.84. The largest absolute Gasteiger partial charge is 0.382 e. The molecule has 0 heterocycles. The van der Waals surface area contributed by atoms with Gasteiger partial charge in [0.25, 0.3) is 0 Å². The summed E-state index contributed by atoms with van der Waals surface area (Å²) < 4.78 is 0. The van der Waals surface area contributed by atoms with E-state index < -0.39 is 0 Å². The molecule has 1 aromatic carbocycles. The lowest BCUT2D eigenvalue weighted by Gasteiger charge is -2.23. The lowest BCUT2D eigenvalue weighted by atomic mass is 10.0. The molecule has 1 N–H and O–H groups in total. The third-order valence-electron chi connectivity index (χ3n) is 2.73. The molecule has 0 spiro atoms. The Bertz CT molecular complexity index is 278. The lowest BCUT2D eigenvalue weighted by Crippen LogP contribution is -2.24. The van der Waals surface area contributed by atoms with Gasteiger partial charge in [0.2, 0.25) is 0 Å². The number of hydrogen-bond donors (Lipinski definition) is 1. The first-order chi connectivity index (χ1) is 6.65. The van der Waals surface area contributed by atoms with Crippen molar-refractivity contribution in [2.45, 2.75) is 40.2 Å². The summed E-state index contributed by atoms with van der Waals surface area (Å²) in [6, 6.07) is 9.05. The van der Waals surface area contributed by atoms with E-state index in [4.69, 9.17) is 0 Å². The number of hydrogen-bond acceptors (Lipinski definition) is 1. The van der Waals surface area contributed by atoms with Crippen LogP contribution in [0, 0.1) is 12.8 Å². The van der Waals surface area contributed by atoms with Gasteiger partial charge in [0.05, 0.1) is 0 Å². The van der Waals surface area contributed by atoms with E-state index in [-0.39, 0.29) is 0 Å². The van der Waals surface area contributed by atoms with Gasteiger partial charge in [-0.05, 0) is 30.9 Å². The van der Waals surface area contributed by atoms with E-state index in [0.717, 1.165) is 0 Å². The number of anilines is 1. The van der Waals surface area contributed by atoms with Crippen LogP contribution in [0.1, 0.15) is 32.8 Å². The summed E-state index contributed by atoms with van der Waals surface area (Å²) in [5, 5.41) is 3.60. The third kappa shape index (κ3) is 2.76. The fourth-order valence-electron chi connectivity index (χ4n) is 1.67. The van der Waals surface area contributed by atoms with Crippen LogP contribution in [0.5, 0.6) is 0 Å². The average molecular weight is 191 g/mol. The monoisotopic (exact) mass is 191 g/mol. The van der Waals surface area contributed by atoms with E-state index in [1.54, 1.807) is 0 Å². The van der Waals surface area contributed by atoms with Crippen LogP contribution in [0.3, 0.4) is 0 Å². The zero-order valence-corrected chi connectivity index (χ0v) is 9.67. The second kappa shape index (κ2) is 5.04. The first-order valence-corrected chi connectivity index (χ1v) is 5.47. The van der Waals surface area contributed by atoms with Crippen molar-refractivity contribution in [3.8, 4) is 0 Å². The Labute approximate surface area is 87.5 Å². The Hall–Kier alpha value is -0.980. The second-order valence-electron chi connectivity index (χ2n) is 4.22. The fourth-order valence-corrected chi connectivity index (χ4v) is 1.67. The first-order valence-electron chi connectivity index (χ1n) is 5.47. The SMILES string of the molecule is CCC(Nc1ccccc1C)C(C)C. The molecule has 0 fully saturated rings. The van der Waals surface area contributed by atoms with Crippen molar-refractivity contribution in [2.75, 3.05) is 5.32 Å². The molecule has 1 nitrogen and oxygen atoms in total. The third-order valence-corrected chi connectivity index (χ3v) is 2.73. The molecular formula is C13H21N. The van der Waals surface area contributed by atoms with Crippen LogP contribution < -0.4 is 5.32 Å². The number of benzene rings is 1. The molecule has 78 valence electrons. The molecule has 0 saturated heterocycles. The summed E-state index contributed by atoms with van der Waals surface area (Å²) in [4.78, 5) is 0. The number of rotatable bonds is 4. The van der Waals surface area contributed by atoms with Crippen LogP contribution in [-0.2, 0) is 0 Å². The second-order valence-corrected chi connectivity index (χ2v) is 4.22. The highest BCUT2D eigenvalue weighted by Crippen LogP contribution is 2.18. The van der Waals surface area contributed by atoms with Crippen molar-refractivity contribution in [2.24, 2.45) is 5.92 Å². The Morgan fingerprint density at radius 2 is 1.86 bits per heavy atom. The minimum atomic E-state index is 0.580. The van der Waals surface area contributed by atoms with E-state index in [1.165, 1.54) is 17.7 Å². The molecule has 0 aromatic heterocycles. The molecule has 14 heavy (non-hydrogen) atoms. The van der Waals surface area contributed by atoms with Crippen molar-refractivity contribution < 1.29 is 0 Å². The van der Waals surface area contributed by atoms with Gasteiger partial charge in [-0.2, -0.15) is 0 Å². The van der Waals surface area contributed by atoms with E-state index in [1.807, 2.05) is 0 Å². The van der Waals surface area contributed by atoms with Crippen molar-refractivity contribution in [1.29, 1.82) is 0 Å². The summed E-state index contributed by atoms with van der Waals surface area (Å²) in [5.41, 5.74) is 2.60. The molecule has 0 bridgehead atoms. The van der Waals surface area contributed by atoms with E-state index in [2.05, 4.69) is 57.3 Å². The molecule has 1 aromatic rings. The highest BCUT2D eigenvalue weighted by molar-refractivity contribution is 5.50. The van der Waals surface area contributed by atoms with Crippen LogP contribution in [0.4, 0.5) is 5.69 Å². The minimum absolute atomic E-state index is 0.580. The molecule has 1 unspecified atom stereocenters. The molecule has 0 aliphatic heterocycles. The van der Waals surface area contributed by atoms with Gasteiger partial charge >= 0.3 is 0 Å². The predicted molar refractivity (Wildman–Crippen MR) is 63.7 cm³/mol. The van der Waals surface area contributed by atoms with Gasteiger partial charge in [0.15, 0.2) is 0 Å². The van der Waals surface area contributed by atoms with E-state index >= 15 is 0 Å². The molecule has 1 rings (SSSR count). The van der Waals surface area contributed by atoms with Crippen LogP contribution >= 0.6 is 0 Å². The van der Waals surface area contributed by atoms with E-state index in [0.29, 0.717) is 12.0 Å². The normalized spacial score (nSPS) is 12.9. The quantitative estimate of drug-likeness (QED) is 0.762. The molecule has 1 heteroatoms. The topological polar surface area (TPSA) is 12.0 Å². The van der Waals surface area contributed by atoms with Gasteiger partial charge in [0, 0.05) is 11.7 Å². The Morgan fingerprint density at radius 3 is 2.36 bits per heavy atom. The van der Waals surface area contributed by atoms with Crippen molar-refractivity contribution in [3.63, 3.8) is 0 Å². The summed E-state index contributed by atoms with van der Waals surface area (Å²) >= 11 is 0. The van der Waals surface area contributed by atoms with Gasteiger partial charge < -0.3 is 5.32 Å². The lowest BCUT2D eigenvalue weighted by molar-refractivity contribution is 0.511. The fraction of sp³-hybridized carbons (Fsp3) is 0.538. The number of nitrogens with one attached hydrogen (secondary N) is 1. The highest BCUT2D eigenvalue weighted by Gasteiger charge is 2.10. The van der Waals surface area contributed by atoms with Gasteiger partial charge in [-0.15, -0.1) is 0 Å². The zero-order chi connectivity index (χ0) is 10.6. The Kier molecular flexibility index (Phi) is 3.99. The van der Waals surface area contributed by atoms with Gasteiger partial charge in [0.1, 0.15) is 0 Å². The molecule has 0 radical (unpaired) electrons. The molecule has 0 aliphatic rings. The smallest absolute Gasteiger partial charge is 0.0372 e. The highest BCUT2D eigenvalue weighted by atomic mass is 14.9. The van der Waals surface area contributed by atoms with Gasteiger partial charge in [-0.25, -0.2) is 0 Å². The van der Waals surface area contributed by atoms with Crippen molar-refractivity contribution in [1.82, 2.24) is 0 Å². The van der Waals surface area contributed by atoms with Crippen molar-refractivity contribution in [3.05, 3.63) is 29.8 Å². The summed E-state index contributed by atoms with van der Waals surface area (Å²) in [5.74, 6) is 0.680.